The first-order chi connectivity index (χ1) is 14.6. The van der Waals surface area contributed by atoms with E-state index < -0.39 is 0 Å². The number of pyridine rings is 1. The van der Waals surface area contributed by atoms with E-state index in [2.05, 4.69) is 25.6 Å². The number of carbonyl (C=O) groups excluding carboxylic acids is 1. The third-order valence-electron chi connectivity index (χ3n) is 4.55. The number of thiazole rings is 1. The largest absolute Gasteiger partial charge is 0.481 e. The van der Waals surface area contributed by atoms with Gasteiger partial charge in [-0.1, -0.05) is 17.4 Å². The van der Waals surface area contributed by atoms with Crippen LogP contribution in [0.5, 0.6) is 5.88 Å². The van der Waals surface area contributed by atoms with Crippen molar-refractivity contribution in [3.05, 3.63) is 35.0 Å². The van der Waals surface area contributed by atoms with Gasteiger partial charge in [-0.3, -0.25) is 5.32 Å². The Morgan fingerprint density at radius 3 is 3.10 bits per heavy atom. The lowest BCUT2D eigenvalue weighted by Crippen LogP contribution is -2.38. The van der Waals surface area contributed by atoms with Crippen molar-refractivity contribution in [2.45, 2.75) is 25.9 Å². The topological polar surface area (TPSA) is 126 Å². The number of hydrogen-bond donors (Lipinski definition) is 3. The maximum Gasteiger partial charge on any atom is 0.321 e. The second-order valence-electron chi connectivity index (χ2n) is 6.81. The number of carbonyl (C=O) groups is 1. The van der Waals surface area contributed by atoms with E-state index in [9.17, 15) is 4.79 Å². The summed E-state index contributed by atoms with van der Waals surface area (Å²) in [7, 11) is 1.57. The van der Waals surface area contributed by atoms with Crippen molar-refractivity contribution >= 4 is 28.5 Å². The normalized spacial score (nSPS) is 14.2. The Labute approximate surface area is 176 Å². The Bertz CT molecular complexity index is 1040. The standard InChI is InChI=1S/C19H22N6O4S/c1-11(10-26)21-17(27)24-18-23-13-6-7-25(9-15(13)30-18)19-20-8-14(29-19)12-4-3-5-16(22-12)28-2/h3-5,8,11,26H,6-7,9-10H2,1-2H3,(H2,21,23,24,27)/t11-/m1/s1. The number of hydrogen-bond acceptors (Lipinski definition) is 9. The second kappa shape index (κ2) is 8.67. The zero-order valence-electron chi connectivity index (χ0n) is 16.6. The van der Waals surface area contributed by atoms with Gasteiger partial charge in [0.1, 0.15) is 5.69 Å². The summed E-state index contributed by atoms with van der Waals surface area (Å²) in [6.45, 7) is 2.89. The number of nitrogens with zero attached hydrogens (tertiary/aromatic N) is 4. The summed E-state index contributed by atoms with van der Waals surface area (Å²) in [6, 6.07) is 5.26. The molecule has 0 fully saturated rings. The van der Waals surface area contributed by atoms with Gasteiger partial charge in [0.15, 0.2) is 10.9 Å². The van der Waals surface area contributed by atoms with Crippen molar-refractivity contribution in [2.75, 3.05) is 30.5 Å². The van der Waals surface area contributed by atoms with E-state index in [1.165, 1.54) is 11.3 Å². The molecule has 0 radical (unpaired) electrons. The third kappa shape index (κ3) is 4.36. The minimum absolute atomic E-state index is 0.125. The average molecular weight is 430 g/mol. The fourth-order valence-electron chi connectivity index (χ4n) is 3.01. The molecule has 2 amide bonds. The SMILES string of the molecule is COc1cccc(-c2cnc(N3CCc4nc(NC(=O)N[C@H](C)CO)sc4C3)o2)n1. The summed E-state index contributed by atoms with van der Waals surface area (Å²) in [5.41, 5.74) is 1.61. The molecule has 30 heavy (non-hydrogen) atoms. The maximum absolute atomic E-state index is 11.9. The van der Waals surface area contributed by atoms with Crippen LogP contribution in [-0.2, 0) is 13.0 Å². The summed E-state index contributed by atoms with van der Waals surface area (Å²) in [6.07, 6.45) is 2.37. The lowest BCUT2D eigenvalue weighted by Gasteiger charge is -2.24. The lowest BCUT2D eigenvalue weighted by molar-refractivity contribution is 0.229. The van der Waals surface area contributed by atoms with Crippen LogP contribution in [0.3, 0.4) is 0 Å². The molecule has 0 bridgehead atoms. The van der Waals surface area contributed by atoms with Crippen molar-refractivity contribution in [3.63, 3.8) is 0 Å². The number of urea groups is 1. The quantitative estimate of drug-likeness (QED) is 0.544. The minimum atomic E-state index is -0.386. The molecule has 1 aliphatic heterocycles. The van der Waals surface area contributed by atoms with Gasteiger partial charge in [0.05, 0.1) is 38.2 Å². The molecule has 10 nitrogen and oxygen atoms in total. The number of ether oxygens (including phenoxy) is 1. The molecule has 0 saturated heterocycles. The molecular formula is C19H22N6O4S. The highest BCUT2D eigenvalue weighted by atomic mass is 32.1. The van der Waals surface area contributed by atoms with Gasteiger partial charge in [0, 0.05) is 23.9 Å². The van der Waals surface area contributed by atoms with Crippen LogP contribution in [-0.4, -0.2) is 52.4 Å². The van der Waals surface area contributed by atoms with Crippen LogP contribution in [0, 0.1) is 0 Å². The highest BCUT2D eigenvalue weighted by Gasteiger charge is 2.25. The summed E-state index contributed by atoms with van der Waals surface area (Å²) in [5.74, 6) is 1.08. The van der Waals surface area contributed by atoms with E-state index in [1.54, 1.807) is 26.3 Å². The van der Waals surface area contributed by atoms with Gasteiger partial charge in [0.2, 0.25) is 5.88 Å². The van der Waals surface area contributed by atoms with Gasteiger partial charge in [-0.25, -0.2) is 19.7 Å². The number of methoxy groups -OCH3 is 1. The molecular weight excluding hydrogens is 408 g/mol. The first-order valence-electron chi connectivity index (χ1n) is 9.45. The predicted octanol–water partition coefficient (Wildman–Crippen LogP) is 2.27. The molecule has 1 aliphatic rings. The first kappa shape index (κ1) is 20.1. The molecule has 0 aliphatic carbocycles. The van der Waals surface area contributed by atoms with E-state index in [-0.39, 0.29) is 18.7 Å². The molecule has 11 heteroatoms. The van der Waals surface area contributed by atoms with E-state index in [1.807, 2.05) is 17.0 Å². The van der Waals surface area contributed by atoms with Crippen molar-refractivity contribution in [1.29, 1.82) is 0 Å². The number of rotatable bonds is 6. The average Bonchev–Trinajstić information content (AvgIpc) is 3.39. The van der Waals surface area contributed by atoms with Crippen LogP contribution in [0.15, 0.2) is 28.8 Å². The molecule has 0 saturated carbocycles. The van der Waals surface area contributed by atoms with E-state index >= 15 is 0 Å². The Morgan fingerprint density at radius 1 is 1.43 bits per heavy atom. The molecule has 0 unspecified atom stereocenters. The number of fused-ring (bicyclic) bond motifs is 1. The smallest absolute Gasteiger partial charge is 0.321 e. The fourth-order valence-corrected chi connectivity index (χ4v) is 4.03. The van der Waals surface area contributed by atoms with Gasteiger partial charge in [-0.05, 0) is 13.0 Å². The summed E-state index contributed by atoms with van der Waals surface area (Å²) >= 11 is 1.42. The number of aromatic nitrogens is 3. The van der Waals surface area contributed by atoms with E-state index in [4.69, 9.17) is 14.3 Å². The van der Waals surface area contributed by atoms with Crippen molar-refractivity contribution < 1.29 is 19.1 Å². The third-order valence-corrected chi connectivity index (χ3v) is 5.55. The number of aliphatic hydroxyl groups is 1. The summed E-state index contributed by atoms with van der Waals surface area (Å²) in [4.78, 5) is 28.3. The molecule has 4 rings (SSSR count). The lowest BCUT2D eigenvalue weighted by atomic mass is 10.2. The number of oxazole rings is 1. The Balaban J connectivity index is 1.44. The number of anilines is 2. The molecule has 1 atom stereocenters. The van der Waals surface area contributed by atoms with E-state index in [0.717, 1.165) is 17.0 Å². The van der Waals surface area contributed by atoms with Crippen molar-refractivity contribution in [3.8, 4) is 17.3 Å². The van der Waals surface area contributed by atoms with Crippen LogP contribution < -0.4 is 20.3 Å². The summed E-state index contributed by atoms with van der Waals surface area (Å²) < 4.78 is 11.1. The monoisotopic (exact) mass is 430 g/mol. The molecule has 4 heterocycles. The van der Waals surface area contributed by atoms with Crippen molar-refractivity contribution in [2.24, 2.45) is 0 Å². The first-order valence-corrected chi connectivity index (χ1v) is 10.3. The molecule has 3 aromatic heterocycles. The van der Waals surface area contributed by atoms with Gasteiger partial charge in [0.25, 0.3) is 6.01 Å². The number of nitrogens with one attached hydrogen (secondary N) is 2. The highest BCUT2D eigenvalue weighted by molar-refractivity contribution is 7.15. The maximum atomic E-state index is 11.9. The minimum Gasteiger partial charge on any atom is -0.481 e. The highest BCUT2D eigenvalue weighted by Crippen LogP contribution is 2.32. The van der Waals surface area contributed by atoms with Gasteiger partial charge < -0.3 is 24.5 Å². The van der Waals surface area contributed by atoms with Gasteiger partial charge >= 0.3 is 6.03 Å². The van der Waals surface area contributed by atoms with Crippen LogP contribution in [0.2, 0.25) is 0 Å². The van der Waals surface area contributed by atoms with Crippen LogP contribution in [0.25, 0.3) is 11.5 Å². The molecule has 3 N–H and O–H groups in total. The van der Waals surface area contributed by atoms with Crippen LogP contribution in [0.1, 0.15) is 17.5 Å². The molecule has 158 valence electrons. The second-order valence-corrected chi connectivity index (χ2v) is 7.90. The predicted molar refractivity (Wildman–Crippen MR) is 112 cm³/mol. The van der Waals surface area contributed by atoms with E-state index in [0.29, 0.717) is 41.6 Å². The molecule has 0 spiro atoms. The number of amides is 2. The van der Waals surface area contributed by atoms with Gasteiger partial charge in [-0.2, -0.15) is 0 Å². The Morgan fingerprint density at radius 2 is 2.30 bits per heavy atom. The number of aliphatic hydroxyl groups excluding tert-OH is 1. The van der Waals surface area contributed by atoms with Crippen LogP contribution in [0.4, 0.5) is 15.9 Å². The Hall–Kier alpha value is -3.18. The zero-order valence-corrected chi connectivity index (χ0v) is 17.4. The Kier molecular flexibility index (Phi) is 5.81. The summed E-state index contributed by atoms with van der Waals surface area (Å²) in [5, 5.41) is 14.9. The molecule has 0 aromatic carbocycles. The molecule has 3 aromatic rings. The van der Waals surface area contributed by atoms with Gasteiger partial charge in [-0.15, -0.1) is 0 Å². The fraction of sp³-hybridized carbons (Fsp3) is 0.368. The van der Waals surface area contributed by atoms with Crippen LogP contribution >= 0.6 is 11.3 Å². The zero-order chi connectivity index (χ0) is 21.1. The van der Waals surface area contributed by atoms with Crippen molar-refractivity contribution in [1.82, 2.24) is 20.3 Å².